The predicted molar refractivity (Wildman–Crippen MR) is 111 cm³/mol. The van der Waals surface area contributed by atoms with Crippen molar-refractivity contribution in [2.24, 2.45) is 0 Å². The van der Waals surface area contributed by atoms with Gasteiger partial charge in [-0.15, -0.1) is 0 Å². The van der Waals surface area contributed by atoms with Gasteiger partial charge < -0.3 is 14.2 Å². The third kappa shape index (κ3) is 3.66. The molecule has 2 heterocycles. The van der Waals surface area contributed by atoms with Gasteiger partial charge in [0.05, 0.1) is 29.3 Å². The molecule has 0 fully saturated rings. The summed E-state index contributed by atoms with van der Waals surface area (Å²) in [6.07, 6.45) is 1.79. The van der Waals surface area contributed by atoms with Gasteiger partial charge in [0.25, 0.3) is 5.56 Å². The molecule has 2 aromatic carbocycles. The van der Waals surface area contributed by atoms with Crippen LogP contribution in [0.1, 0.15) is 12.5 Å². The molecule has 29 heavy (non-hydrogen) atoms. The van der Waals surface area contributed by atoms with E-state index < -0.39 is 5.97 Å². The van der Waals surface area contributed by atoms with Crippen molar-refractivity contribution in [1.29, 1.82) is 0 Å². The van der Waals surface area contributed by atoms with Gasteiger partial charge in [-0.1, -0.05) is 29.5 Å². The number of para-hydroxylation sites is 2. The van der Waals surface area contributed by atoms with E-state index in [1.807, 2.05) is 31.2 Å². The number of thiazole rings is 1. The number of imidazole rings is 1. The van der Waals surface area contributed by atoms with E-state index in [1.165, 1.54) is 18.4 Å². The topological polar surface area (TPSA) is 79.1 Å². The van der Waals surface area contributed by atoms with Crippen LogP contribution in [-0.4, -0.2) is 35.7 Å². The fourth-order valence-electron chi connectivity index (χ4n) is 2.96. The third-order valence-electron chi connectivity index (χ3n) is 4.28. The Morgan fingerprint density at radius 1 is 1.17 bits per heavy atom. The minimum atomic E-state index is -0.478. The Labute approximate surface area is 169 Å². The van der Waals surface area contributed by atoms with Gasteiger partial charge in [-0.2, -0.15) is 0 Å². The van der Waals surface area contributed by atoms with Crippen LogP contribution in [0.2, 0.25) is 0 Å². The maximum absolute atomic E-state index is 12.9. The number of aromatic nitrogens is 2. The lowest BCUT2D eigenvalue weighted by molar-refractivity contribution is -0.142. The van der Waals surface area contributed by atoms with Crippen molar-refractivity contribution in [3.8, 4) is 11.5 Å². The lowest BCUT2D eigenvalue weighted by Gasteiger charge is -2.11. The van der Waals surface area contributed by atoms with Gasteiger partial charge in [0.15, 0.2) is 23.1 Å². The van der Waals surface area contributed by atoms with Gasteiger partial charge in [-0.05, 0) is 42.8 Å². The SMILES string of the molecule is CCOc1cc(/C=c2\sc3nc4ccccc4n3c2=O)ccc1OCC(=O)OC. The van der Waals surface area contributed by atoms with E-state index in [1.54, 1.807) is 28.7 Å². The summed E-state index contributed by atoms with van der Waals surface area (Å²) < 4.78 is 17.9. The first-order chi connectivity index (χ1) is 14.1. The molecule has 148 valence electrons. The highest BCUT2D eigenvalue weighted by atomic mass is 32.1. The van der Waals surface area contributed by atoms with Gasteiger partial charge in [0.1, 0.15) is 0 Å². The average Bonchev–Trinajstić information content (AvgIpc) is 3.23. The molecule has 0 atom stereocenters. The second-order valence-electron chi connectivity index (χ2n) is 6.14. The number of nitrogens with zero attached hydrogens (tertiary/aromatic N) is 2. The Bertz CT molecular complexity index is 1310. The van der Waals surface area contributed by atoms with Gasteiger partial charge in [0, 0.05) is 0 Å². The van der Waals surface area contributed by atoms with Crippen molar-refractivity contribution < 1.29 is 19.0 Å². The minimum Gasteiger partial charge on any atom is -0.490 e. The number of carbonyl (C=O) groups excluding carboxylic acids is 1. The Morgan fingerprint density at radius 2 is 2.00 bits per heavy atom. The summed E-state index contributed by atoms with van der Waals surface area (Å²) in [5.41, 5.74) is 2.27. The zero-order valence-corrected chi connectivity index (χ0v) is 16.7. The highest BCUT2D eigenvalue weighted by molar-refractivity contribution is 7.15. The molecule has 0 saturated heterocycles. The maximum atomic E-state index is 12.9. The summed E-state index contributed by atoms with van der Waals surface area (Å²) in [5.74, 6) is 0.446. The first-order valence-electron chi connectivity index (χ1n) is 8.99. The number of carbonyl (C=O) groups is 1. The van der Waals surface area contributed by atoms with Crippen molar-refractivity contribution >= 4 is 39.4 Å². The smallest absolute Gasteiger partial charge is 0.343 e. The third-order valence-corrected chi connectivity index (χ3v) is 5.25. The Morgan fingerprint density at radius 3 is 2.79 bits per heavy atom. The molecule has 0 spiro atoms. The Hall–Kier alpha value is -3.39. The summed E-state index contributed by atoms with van der Waals surface area (Å²) in [6, 6.07) is 12.8. The van der Waals surface area contributed by atoms with Crippen molar-refractivity contribution in [3.63, 3.8) is 0 Å². The quantitative estimate of drug-likeness (QED) is 0.454. The fourth-order valence-corrected chi connectivity index (χ4v) is 3.95. The summed E-state index contributed by atoms with van der Waals surface area (Å²) in [7, 11) is 1.30. The molecule has 0 aliphatic heterocycles. The second kappa shape index (κ2) is 7.92. The Balaban J connectivity index is 1.74. The minimum absolute atomic E-state index is 0.109. The van der Waals surface area contributed by atoms with E-state index in [2.05, 4.69) is 9.72 Å². The molecular weight excluding hydrogens is 392 g/mol. The van der Waals surface area contributed by atoms with Crippen LogP contribution in [0.25, 0.3) is 22.1 Å². The molecule has 0 amide bonds. The molecule has 8 heteroatoms. The molecule has 0 radical (unpaired) electrons. The number of hydrogen-bond acceptors (Lipinski definition) is 7. The molecule has 0 saturated carbocycles. The van der Waals surface area contributed by atoms with Crippen LogP contribution in [-0.2, 0) is 9.53 Å². The molecule has 0 bridgehead atoms. The van der Waals surface area contributed by atoms with Gasteiger partial charge in [-0.3, -0.25) is 4.79 Å². The highest BCUT2D eigenvalue weighted by Crippen LogP contribution is 2.29. The van der Waals surface area contributed by atoms with E-state index in [9.17, 15) is 9.59 Å². The summed E-state index contributed by atoms with van der Waals surface area (Å²) in [4.78, 5) is 29.4. The van der Waals surface area contributed by atoms with E-state index in [0.717, 1.165) is 16.6 Å². The molecule has 0 N–H and O–H groups in total. The van der Waals surface area contributed by atoms with Gasteiger partial charge in [0.2, 0.25) is 0 Å². The highest BCUT2D eigenvalue weighted by Gasteiger charge is 2.12. The standard InChI is InChI=1S/C21H18N2O5S/c1-3-27-17-10-13(8-9-16(17)28-12-19(24)26-2)11-18-20(25)23-15-7-5-4-6-14(15)22-21(23)29-18/h4-11H,3,12H2,1-2H3/b18-11-. The van der Waals surface area contributed by atoms with E-state index in [4.69, 9.17) is 9.47 Å². The fraction of sp³-hybridized carbons (Fsp3) is 0.190. The average molecular weight is 410 g/mol. The van der Waals surface area contributed by atoms with E-state index >= 15 is 0 Å². The lowest BCUT2D eigenvalue weighted by Crippen LogP contribution is -2.22. The molecular formula is C21H18N2O5S. The molecule has 0 aliphatic carbocycles. The molecule has 7 nitrogen and oxygen atoms in total. The van der Waals surface area contributed by atoms with E-state index in [0.29, 0.717) is 27.6 Å². The van der Waals surface area contributed by atoms with Crippen LogP contribution in [0, 0.1) is 0 Å². The maximum Gasteiger partial charge on any atom is 0.343 e. The van der Waals surface area contributed by atoms with Crippen LogP contribution < -0.4 is 19.6 Å². The summed E-state index contributed by atoms with van der Waals surface area (Å²) in [6.45, 7) is 2.08. The summed E-state index contributed by atoms with van der Waals surface area (Å²) >= 11 is 1.34. The van der Waals surface area contributed by atoms with Crippen LogP contribution in [0.3, 0.4) is 0 Å². The normalized spacial score (nSPS) is 11.9. The molecule has 4 rings (SSSR count). The zero-order valence-electron chi connectivity index (χ0n) is 15.9. The zero-order chi connectivity index (χ0) is 20.4. The number of ether oxygens (including phenoxy) is 3. The Kier molecular flexibility index (Phi) is 5.18. The van der Waals surface area contributed by atoms with Crippen molar-refractivity contribution in [2.75, 3.05) is 20.3 Å². The molecule has 2 aromatic heterocycles. The van der Waals surface area contributed by atoms with Crippen molar-refractivity contribution in [3.05, 3.63) is 62.9 Å². The van der Waals surface area contributed by atoms with Gasteiger partial charge >= 0.3 is 5.97 Å². The first-order valence-corrected chi connectivity index (χ1v) is 9.80. The number of rotatable bonds is 6. The predicted octanol–water partition coefficient (Wildman–Crippen LogP) is 2.41. The largest absolute Gasteiger partial charge is 0.490 e. The lowest BCUT2D eigenvalue weighted by atomic mass is 10.2. The van der Waals surface area contributed by atoms with Crippen LogP contribution in [0.5, 0.6) is 11.5 Å². The first kappa shape index (κ1) is 18.9. The number of benzene rings is 2. The number of esters is 1. The molecule has 0 unspecified atom stereocenters. The van der Waals surface area contributed by atoms with E-state index in [-0.39, 0.29) is 12.2 Å². The molecule has 0 aliphatic rings. The van der Waals surface area contributed by atoms with Crippen LogP contribution in [0.4, 0.5) is 0 Å². The molecule has 4 aromatic rings. The number of methoxy groups -OCH3 is 1. The van der Waals surface area contributed by atoms with Gasteiger partial charge in [-0.25, -0.2) is 14.2 Å². The number of fused-ring (bicyclic) bond motifs is 3. The van der Waals surface area contributed by atoms with Crippen molar-refractivity contribution in [1.82, 2.24) is 9.38 Å². The van der Waals surface area contributed by atoms with Crippen LogP contribution >= 0.6 is 11.3 Å². The monoisotopic (exact) mass is 410 g/mol. The summed E-state index contributed by atoms with van der Waals surface area (Å²) in [5, 5.41) is 0. The van der Waals surface area contributed by atoms with Crippen molar-refractivity contribution in [2.45, 2.75) is 6.92 Å². The second-order valence-corrected chi connectivity index (χ2v) is 7.15. The van der Waals surface area contributed by atoms with Crippen LogP contribution in [0.15, 0.2) is 47.3 Å². The number of hydrogen-bond donors (Lipinski definition) is 0.